The van der Waals surface area contributed by atoms with E-state index in [2.05, 4.69) is 13.8 Å². The molecule has 0 aromatic carbocycles. The van der Waals surface area contributed by atoms with E-state index in [0.29, 0.717) is 12.1 Å². The topological polar surface area (TPSA) is 52.0 Å². The van der Waals surface area contributed by atoms with E-state index in [1.807, 2.05) is 0 Å². The number of rotatable bonds is 16. The van der Waals surface area contributed by atoms with Gasteiger partial charge >= 0.3 is 0 Å². The van der Waals surface area contributed by atoms with Crippen LogP contribution in [0.4, 0.5) is 0 Å². The normalized spacial score (nSPS) is 14.3. The van der Waals surface area contributed by atoms with E-state index >= 15 is 0 Å². The molecule has 4 N–H and O–H groups in total. The number of unbranched alkanes of at least 4 members (excludes halogenated alkanes) is 10. The average molecular weight is 299 g/mol. The van der Waals surface area contributed by atoms with Crippen LogP contribution >= 0.6 is 0 Å². The Morgan fingerprint density at radius 2 is 0.857 bits per heavy atom. The summed E-state index contributed by atoms with van der Waals surface area (Å²) >= 11 is 0. The Hall–Kier alpha value is -0.0800. The fourth-order valence-electron chi connectivity index (χ4n) is 3.00. The third kappa shape index (κ3) is 16.1. The van der Waals surface area contributed by atoms with Crippen molar-refractivity contribution < 1.29 is 0 Å². The molecule has 0 aliphatic rings. The van der Waals surface area contributed by atoms with Crippen molar-refractivity contribution in [3.63, 3.8) is 0 Å². The molecule has 0 aliphatic carbocycles. The molecule has 0 aromatic rings. The molecule has 0 radical (unpaired) electrons. The van der Waals surface area contributed by atoms with Crippen LogP contribution in [-0.2, 0) is 0 Å². The second-order valence-corrected chi connectivity index (χ2v) is 6.87. The molecule has 2 heteroatoms. The van der Waals surface area contributed by atoms with E-state index < -0.39 is 0 Å². The molecule has 2 atom stereocenters. The minimum Gasteiger partial charge on any atom is -0.328 e. The highest BCUT2D eigenvalue weighted by atomic mass is 14.7. The van der Waals surface area contributed by atoms with Gasteiger partial charge in [0, 0.05) is 12.1 Å². The average Bonchev–Trinajstić information content (AvgIpc) is 2.46. The molecule has 0 saturated carbocycles. The minimum absolute atomic E-state index is 0.325. The predicted octanol–water partition coefficient (Wildman–Crippen LogP) is 5.53. The van der Waals surface area contributed by atoms with Gasteiger partial charge in [-0.1, -0.05) is 90.9 Å². The maximum atomic E-state index is 6.21. The lowest BCUT2D eigenvalue weighted by atomic mass is 9.97. The summed E-state index contributed by atoms with van der Waals surface area (Å²) in [5.74, 6) is 0. The first kappa shape index (κ1) is 20.9. The molecule has 0 amide bonds. The summed E-state index contributed by atoms with van der Waals surface area (Å²) in [7, 11) is 0. The van der Waals surface area contributed by atoms with Crippen molar-refractivity contribution in [3.8, 4) is 0 Å². The van der Waals surface area contributed by atoms with Crippen LogP contribution in [0.2, 0.25) is 0 Å². The molecule has 0 rings (SSSR count). The van der Waals surface area contributed by atoms with Crippen LogP contribution in [0.3, 0.4) is 0 Å². The Labute approximate surface area is 134 Å². The highest BCUT2D eigenvalue weighted by Gasteiger charge is 2.09. The van der Waals surface area contributed by atoms with Gasteiger partial charge in [-0.2, -0.15) is 0 Å². The van der Waals surface area contributed by atoms with Crippen LogP contribution < -0.4 is 11.5 Å². The van der Waals surface area contributed by atoms with Gasteiger partial charge in [0.05, 0.1) is 0 Å². The van der Waals surface area contributed by atoms with Gasteiger partial charge in [-0.15, -0.1) is 0 Å². The Morgan fingerprint density at radius 3 is 1.24 bits per heavy atom. The van der Waals surface area contributed by atoms with Crippen molar-refractivity contribution in [2.75, 3.05) is 0 Å². The van der Waals surface area contributed by atoms with E-state index in [4.69, 9.17) is 11.5 Å². The molecule has 0 heterocycles. The molecule has 0 bridgehead atoms. The van der Waals surface area contributed by atoms with E-state index in [0.717, 1.165) is 19.3 Å². The standard InChI is InChI=1S/C19H42N2/c1-3-5-7-9-11-13-15-18(20)17-19(21)16-14-12-10-8-6-4-2/h18-19H,3-17,20-21H2,1-2H3. The SMILES string of the molecule is CCCCCCCCC(N)CC(N)CCCCCCCC. The largest absolute Gasteiger partial charge is 0.328 e. The zero-order chi connectivity index (χ0) is 15.8. The van der Waals surface area contributed by atoms with Crippen LogP contribution in [-0.4, -0.2) is 12.1 Å². The lowest BCUT2D eigenvalue weighted by Gasteiger charge is -2.17. The first-order valence-electron chi connectivity index (χ1n) is 9.71. The van der Waals surface area contributed by atoms with Crippen molar-refractivity contribution in [2.24, 2.45) is 11.5 Å². The van der Waals surface area contributed by atoms with Gasteiger partial charge in [0.15, 0.2) is 0 Å². The summed E-state index contributed by atoms with van der Waals surface area (Å²) in [6.07, 6.45) is 19.6. The highest BCUT2D eigenvalue weighted by Crippen LogP contribution is 2.13. The fraction of sp³-hybridized carbons (Fsp3) is 1.00. The molecule has 2 nitrogen and oxygen atoms in total. The van der Waals surface area contributed by atoms with Crippen LogP contribution in [0.15, 0.2) is 0 Å². The molecule has 0 aliphatic heterocycles. The molecule has 0 aromatic heterocycles. The number of hydrogen-bond donors (Lipinski definition) is 2. The molecule has 2 unspecified atom stereocenters. The molecule has 0 saturated heterocycles. The third-order valence-corrected chi connectivity index (χ3v) is 4.46. The van der Waals surface area contributed by atoms with Gasteiger partial charge in [-0.3, -0.25) is 0 Å². The molecule has 0 spiro atoms. The molecule has 128 valence electrons. The van der Waals surface area contributed by atoms with Crippen molar-refractivity contribution >= 4 is 0 Å². The van der Waals surface area contributed by atoms with Crippen molar-refractivity contribution in [3.05, 3.63) is 0 Å². The van der Waals surface area contributed by atoms with E-state index in [9.17, 15) is 0 Å². The lowest BCUT2D eigenvalue weighted by Crippen LogP contribution is -2.31. The Kier molecular flexibility index (Phi) is 16.2. The Balaban J connectivity index is 3.33. The monoisotopic (exact) mass is 298 g/mol. The second kappa shape index (κ2) is 16.3. The van der Waals surface area contributed by atoms with Crippen molar-refractivity contribution in [1.29, 1.82) is 0 Å². The maximum absolute atomic E-state index is 6.21. The maximum Gasteiger partial charge on any atom is 0.00535 e. The number of nitrogens with two attached hydrogens (primary N) is 2. The van der Waals surface area contributed by atoms with Crippen LogP contribution in [0.25, 0.3) is 0 Å². The zero-order valence-electron chi connectivity index (χ0n) is 14.9. The summed E-state index contributed by atoms with van der Waals surface area (Å²) in [6.45, 7) is 4.53. The van der Waals surface area contributed by atoms with Gasteiger partial charge < -0.3 is 11.5 Å². The van der Waals surface area contributed by atoms with Crippen LogP contribution in [0, 0.1) is 0 Å². The smallest absolute Gasteiger partial charge is 0.00535 e. The third-order valence-electron chi connectivity index (χ3n) is 4.46. The summed E-state index contributed by atoms with van der Waals surface area (Å²) in [5.41, 5.74) is 12.4. The van der Waals surface area contributed by atoms with Crippen molar-refractivity contribution in [1.82, 2.24) is 0 Å². The predicted molar refractivity (Wildman–Crippen MR) is 96.6 cm³/mol. The molecule has 0 fully saturated rings. The Morgan fingerprint density at radius 1 is 0.524 bits per heavy atom. The van der Waals surface area contributed by atoms with Crippen LogP contribution in [0.1, 0.15) is 110 Å². The molecule has 21 heavy (non-hydrogen) atoms. The summed E-state index contributed by atoms with van der Waals surface area (Å²) in [6, 6.07) is 0.650. The van der Waals surface area contributed by atoms with Gasteiger partial charge in [0.2, 0.25) is 0 Å². The van der Waals surface area contributed by atoms with E-state index in [-0.39, 0.29) is 0 Å². The quantitative estimate of drug-likeness (QED) is 0.368. The summed E-state index contributed by atoms with van der Waals surface area (Å²) in [4.78, 5) is 0. The fourth-order valence-corrected chi connectivity index (χ4v) is 3.00. The van der Waals surface area contributed by atoms with Gasteiger partial charge in [0.25, 0.3) is 0 Å². The first-order chi connectivity index (χ1) is 10.2. The van der Waals surface area contributed by atoms with E-state index in [1.165, 1.54) is 77.0 Å². The highest BCUT2D eigenvalue weighted by molar-refractivity contribution is 4.71. The van der Waals surface area contributed by atoms with Gasteiger partial charge in [-0.05, 0) is 19.3 Å². The summed E-state index contributed by atoms with van der Waals surface area (Å²) in [5, 5.41) is 0. The number of hydrogen-bond acceptors (Lipinski definition) is 2. The molecular weight excluding hydrogens is 256 g/mol. The van der Waals surface area contributed by atoms with Crippen LogP contribution in [0.5, 0.6) is 0 Å². The first-order valence-corrected chi connectivity index (χ1v) is 9.71. The Bertz CT molecular complexity index is 174. The minimum atomic E-state index is 0.325. The van der Waals surface area contributed by atoms with E-state index in [1.54, 1.807) is 0 Å². The molecular formula is C19H42N2. The summed E-state index contributed by atoms with van der Waals surface area (Å²) < 4.78 is 0. The van der Waals surface area contributed by atoms with Gasteiger partial charge in [0.1, 0.15) is 0 Å². The van der Waals surface area contributed by atoms with Crippen molar-refractivity contribution in [2.45, 2.75) is 122 Å². The second-order valence-electron chi connectivity index (χ2n) is 6.87. The lowest BCUT2D eigenvalue weighted by molar-refractivity contribution is 0.441. The van der Waals surface area contributed by atoms with Gasteiger partial charge in [-0.25, -0.2) is 0 Å². The zero-order valence-corrected chi connectivity index (χ0v) is 14.9.